The number of pyridine rings is 1. The summed E-state index contributed by atoms with van der Waals surface area (Å²) in [4.78, 5) is 18.1. The van der Waals surface area contributed by atoms with Gasteiger partial charge in [-0.25, -0.2) is 0 Å². The predicted octanol–water partition coefficient (Wildman–Crippen LogP) is 4.26. The summed E-state index contributed by atoms with van der Waals surface area (Å²) in [6.07, 6.45) is 11.7. The van der Waals surface area contributed by atoms with Crippen LogP contribution in [0.2, 0.25) is 0 Å². The van der Waals surface area contributed by atoms with Crippen LogP contribution < -0.4 is 4.90 Å². The Morgan fingerprint density at radius 3 is 2.65 bits per heavy atom. The number of amides is 1. The fourth-order valence-corrected chi connectivity index (χ4v) is 4.79. The number of piperazine rings is 1. The van der Waals surface area contributed by atoms with Crippen LogP contribution in [-0.2, 0) is 4.79 Å². The van der Waals surface area contributed by atoms with Crippen molar-refractivity contribution in [3.8, 4) is 0 Å². The van der Waals surface area contributed by atoms with Crippen LogP contribution in [-0.4, -0.2) is 51.8 Å². The van der Waals surface area contributed by atoms with Crippen molar-refractivity contribution in [1.29, 1.82) is 0 Å². The Kier molecular flexibility index (Phi) is 5.42. The van der Waals surface area contributed by atoms with E-state index in [2.05, 4.69) is 51.5 Å². The van der Waals surface area contributed by atoms with Gasteiger partial charge in [-0.1, -0.05) is 48.6 Å². The Bertz CT molecular complexity index is 1200. The fraction of sp³-hybridized carbons (Fsp3) is 0.292. The zero-order valence-corrected chi connectivity index (χ0v) is 18.1. The number of carbonyl (C=O) groups excluding carboxylic acids is 1. The molecule has 3 heterocycles. The second-order valence-corrected chi connectivity index (χ2v) is 8.37. The van der Waals surface area contributed by atoms with Gasteiger partial charge in [-0.05, 0) is 36.6 Å². The van der Waals surface area contributed by atoms with Crippen LogP contribution >= 0.6 is 12.2 Å². The molecule has 1 aliphatic heterocycles. The third kappa shape index (κ3) is 3.81. The lowest BCUT2D eigenvalue weighted by Crippen LogP contribution is -2.51. The normalized spacial score (nSPS) is 17.6. The number of para-hydroxylation sites is 1. The highest BCUT2D eigenvalue weighted by Gasteiger charge is 2.31. The molecule has 158 valence electrons. The van der Waals surface area contributed by atoms with E-state index < -0.39 is 6.04 Å². The SMILES string of the molecule is O=C(C(C1=CC=CCC1)n1ccc2[nH]ncc2c1=S)N1CCN(c2ccccc2)CC1. The first-order valence-electron chi connectivity index (χ1n) is 10.7. The van der Waals surface area contributed by atoms with Gasteiger partial charge in [0.1, 0.15) is 10.7 Å². The van der Waals surface area contributed by atoms with E-state index in [-0.39, 0.29) is 5.91 Å². The van der Waals surface area contributed by atoms with E-state index in [4.69, 9.17) is 12.2 Å². The molecule has 1 N–H and O–H groups in total. The van der Waals surface area contributed by atoms with Crippen LogP contribution in [0.1, 0.15) is 18.9 Å². The monoisotopic (exact) mass is 431 g/mol. The molecule has 0 saturated carbocycles. The summed E-state index contributed by atoms with van der Waals surface area (Å²) in [7, 11) is 0. The Balaban J connectivity index is 1.44. The average molecular weight is 432 g/mol. The lowest BCUT2D eigenvalue weighted by Gasteiger charge is -2.38. The maximum absolute atomic E-state index is 13.8. The molecular weight excluding hydrogens is 406 g/mol. The van der Waals surface area contributed by atoms with Gasteiger partial charge >= 0.3 is 0 Å². The number of H-pyrrole nitrogens is 1. The van der Waals surface area contributed by atoms with Crippen molar-refractivity contribution >= 4 is 34.7 Å². The van der Waals surface area contributed by atoms with Gasteiger partial charge < -0.3 is 14.4 Å². The van der Waals surface area contributed by atoms with Crippen molar-refractivity contribution in [2.45, 2.75) is 18.9 Å². The number of benzene rings is 1. The zero-order chi connectivity index (χ0) is 21.2. The molecular formula is C24H25N5OS. The van der Waals surface area contributed by atoms with Gasteiger partial charge in [0, 0.05) is 38.1 Å². The second kappa shape index (κ2) is 8.51. The Morgan fingerprint density at radius 2 is 1.90 bits per heavy atom. The standard InChI is InChI=1S/C24H25N5OS/c30-23(28-15-13-27(14-16-28)19-9-5-2-6-10-19)22(18-7-3-1-4-8-18)29-12-11-21-20(24(29)31)17-25-26-21/h1-3,5-7,9-12,17,22H,4,8,13-16H2,(H,25,26). The van der Waals surface area contributed by atoms with Crippen molar-refractivity contribution in [3.05, 3.63) is 77.2 Å². The van der Waals surface area contributed by atoms with Crippen molar-refractivity contribution in [2.24, 2.45) is 0 Å². The van der Waals surface area contributed by atoms with Crippen LogP contribution in [0.15, 0.2) is 72.6 Å². The second-order valence-electron chi connectivity index (χ2n) is 7.98. The van der Waals surface area contributed by atoms with Crippen LogP contribution in [0, 0.1) is 4.64 Å². The summed E-state index contributed by atoms with van der Waals surface area (Å²) in [5, 5.41) is 7.95. The number of anilines is 1. The molecule has 1 aliphatic carbocycles. The largest absolute Gasteiger partial charge is 0.368 e. The molecule has 5 rings (SSSR count). The van der Waals surface area contributed by atoms with Crippen LogP contribution in [0.4, 0.5) is 5.69 Å². The minimum Gasteiger partial charge on any atom is -0.368 e. The lowest BCUT2D eigenvalue weighted by molar-refractivity contribution is -0.134. The first-order chi connectivity index (χ1) is 15.2. The van der Waals surface area contributed by atoms with Crippen LogP contribution in [0.3, 0.4) is 0 Å². The summed E-state index contributed by atoms with van der Waals surface area (Å²) >= 11 is 5.77. The van der Waals surface area contributed by atoms with Crippen molar-refractivity contribution in [1.82, 2.24) is 19.7 Å². The summed E-state index contributed by atoms with van der Waals surface area (Å²) in [6, 6.07) is 11.9. The molecule has 1 atom stereocenters. The van der Waals surface area contributed by atoms with Gasteiger partial charge in [0.15, 0.2) is 0 Å². The van der Waals surface area contributed by atoms with E-state index >= 15 is 0 Å². The molecule has 6 nitrogen and oxygen atoms in total. The first kappa shape index (κ1) is 19.8. The van der Waals surface area contributed by atoms with Gasteiger partial charge in [-0.3, -0.25) is 9.89 Å². The number of fused-ring (bicyclic) bond motifs is 1. The molecule has 31 heavy (non-hydrogen) atoms. The number of aromatic nitrogens is 3. The number of nitrogens with one attached hydrogen (secondary N) is 1. The Labute approximate surface area is 186 Å². The zero-order valence-electron chi connectivity index (χ0n) is 17.3. The summed E-state index contributed by atoms with van der Waals surface area (Å²) in [6.45, 7) is 3.06. The quantitative estimate of drug-likeness (QED) is 0.627. The van der Waals surface area contributed by atoms with Gasteiger partial charge in [0.25, 0.3) is 0 Å². The van der Waals surface area contributed by atoms with E-state index in [1.807, 2.05) is 33.9 Å². The molecule has 1 fully saturated rings. The van der Waals surface area contributed by atoms with E-state index in [0.29, 0.717) is 17.7 Å². The third-order valence-electron chi connectivity index (χ3n) is 6.16. The highest BCUT2D eigenvalue weighted by Crippen LogP contribution is 2.30. The van der Waals surface area contributed by atoms with Crippen molar-refractivity contribution < 1.29 is 4.79 Å². The first-order valence-corrected chi connectivity index (χ1v) is 11.1. The molecule has 7 heteroatoms. The number of allylic oxidation sites excluding steroid dienone is 3. The fourth-order valence-electron chi connectivity index (χ4n) is 4.46. The van der Waals surface area contributed by atoms with E-state index in [9.17, 15) is 4.79 Å². The van der Waals surface area contributed by atoms with Crippen molar-refractivity contribution in [3.63, 3.8) is 0 Å². The van der Waals surface area contributed by atoms with E-state index in [1.165, 1.54) is 5.69 Å². The third-order valence-corrected chi connectivity index (χ3v) is 6.59. The summed E-state index contributed by atoms with van der Waals surface area (Å²) < 4.78 is 2.59. The smallest absolute Gasteiger partial charge is 0.250 e. The predicted molar refractivity (Wildman–Crippen MR) is 126 cm³/mol. The Morgan fingerprint density at radius 1 is 1.10 bits per heavy atom. The minimum atomic E-state index is -0.417. The number of rotatable bonds is 4. The number of hydrogen-bond acceptors (Lipinski definition) is 4. The molecule has 2 aliphatic rings. The topological polar surface area (TPSA) is 57.2 Å². The highest BCUT2D eigenvalue weighted by atomic mass is 32.1. The van der Waals surface area contributed by atoms with Crippen LogP contribution in [0.25, 0.3) is 10.9 Å². The lowest BCUT2D eigenvalue weighted by atomic mass is 9.96. The number of carbonyl (C=O) groups is 1. The molecule has 0 spiro atoms. The minimum absolute atomic E-state index is 0.119. The molecule has 0 bridgehead atoms. The molecule has 1 saturated heterocycles. The molecule has 1 amide bonds. The highest BCUT2D eigenvalue weighted by molar-refractivity contribution is 7.71. The van der Waals surface area contributed by atoms with Gasteiger partial charge in [0.05, 0.1) is 17.1 Å². The number of nitrogens with zero attached hydrogens (tertiary/aromatic N) is 4. The van der Waals surface area contributed by atoms with E-state index in [1.54, 1.807) is 6.20 Å². The number of hydrogen-bond donors (Lipinski definition) is 1. The molecule has 3 aromatic rings. The molecule has 1 aromatic carbocycles. The molecule has 1 unspecified atom stereocenters. The van der Waals surface area contributed by atoms with Gasteiger partial charge in [0.2, 0.25) is 5.91 Å². The molecule has 2 aromatic heterocycles. The molecule has 0 radical (unpaired) electrons. The Hall–Kier alpha value is -3.19. The van der Waals surface area contributed by atoms with Crippen molar-refractivity contribution in [2.75, 3.05) is 31.1 Å². The van der Waals surface area contributed by atoms with Gasteiger partial charge in [-0.2, -0.15) is 5.10 Å². The van der Waals surface area contributed by atoms with Gasteiger partial charge in [-0.15, -0.1) is 0 Å². The summed E-state index contributed by atoms with van der Waals surface area (Å²) in [5.74, 6) is 0.119. The average Bonchev–Trinajstić information content (AvgIpc) is 3.32. The maximum Gasteiger partial charge on any atom is 0.250 e. The summed E-state index contributed by atoms with van der Waals surface area (Å²) in [5.41, 5.74) is 3.21. The van der Waals surface area contributed by atoms with E-state index in [0.717, 1.165) is 42.4 Å². The number of aromatic amines is 1. The van der Waals surface area contributed by atoms with Crippen LogP contribution in [0.5, 0.6) is 0 Å². The maximum atomic E-state index is 13.8.